The van der Waals surface area contributed by atoms with Gasteiger partial charge in [0, 0.05) is 16.6 Å². The summed E-state index contributed by atoms with van der Waals surface area (Å²) in [5, 5.41) is 0. The average Bonchev–Trinajstić information content (AvgIpc) is 2.51. The minimum Gasteiger partial charge on any atom is -0.326 e. The third-order valence-electron chi connectivity index (χ3n) is 5.34. The average molecular weight is 353 g/mol. The van der Waals surface area contributed by atoms with E-state index in [1.807, 2.05) is 0 Å². The molecule has 0 spiro atoms. The van der Waals surface area contributed by atoms with E-state index in [-0.39, 0.29) is 6.04 Å². The van der Waals surface area contributed by atoms with Crippen molar-refractivity contribution < 1.29 is 0 Å². The summed E-state index contributed by atoms with van der Waals surface area (Å²) in [6.07, 6.45) is 4.87. The molecule has 2 N–H and O–H groups in total. The predicted octanol–water partition coefficient (Wildman–Crippen LogP) is 4.74. The van der Waals surface area contributed by atoms with E-state index in [2.05, 4.69) is 65.9 Å². The van der Waals surface area contributed by atoms with Crippen LogP contribution in [0.25, 0.3) is 0 Å². The molecule has 118 valence electrons. The molecule has 2 rings (SSSR count). The van der Waals surface area contributed by atoms with Crippen LogP contribution in [-0.4, -0.2) is 24.0 Å². The molecule has 21 heavy (non-hydrogen) atoms. The third-order valence-corrected chi connectivity index (χ3v) is 5.87. The van der Waals surface area contributed by atoms with E-state index in [1.165, 1.54) is 37.9 Å². The second-order valence-electron chi connectivity index (χ2n) is 6.77. The Bertz CT molecular complexity index is 435. The number of piperidine rings is 1. The predicted molar refractivity (Wildman–Crippen MR) is 94.4 cm³/mol. The van der Waals surface area contributed by atoms with Crippen LogP contribution in [0.5, 0.6) is 0 Å². The van der Waals surface area contributed by atoms with Crippen molar-refractivity contribution in [3.8, 4) is 0 Å². The van der Waals surface area contributed by atoms with Crippen molar-refractivity contribution in [2.75, 3.05) is 13.1 Å². The lowest BCUT2D eigenvalue weighted by Gasteiger charge is -2.44. The highest BCUT2D eigenvalue weighted by Gasteiger charge is 2.33. The molecule has 2 nitrogen and oxygen atoms in total. The number of nitrogens with two attached hydrogens (primary N) is 1. The molecule has 1 aliphatic heterocycles. The molecule has 0 aromatic heterocycles. The van der Waals surface area contributed by atoms with Gasteiger partial charge in [-0.05, 0) is 55.5 Å². The van der Waals surface area contributed by atoms with Crippen molar-refractivity contribution in [3.05, 3.63) is 34.3 Å². The Morgan fingerprint density at radius 1 is 1.19 bits per heavy atom. The van der Waals surface area contributed by atoms with Crippen LogP contribution < -0.4 is 5.73 Å². The smallest absolute Gasteiger partial charge is 0.0499 e. The summed E-state index contributed by atoms with van der Waals surface area (Å²) in [6.45, 7) is 9.27. The molecule has 1 aliphatic rings. The third kappa shape index (κ3) is 4.08. The summed E-state index contributed by atoms with van der Waals surface area (Å²) in [4.78, 5) is 2.61. The fourth-order valence-corrected chi connectivity index (χ4v) is 3.57. The molecule has 0 amide bonds. The lowest BCUT2D eigenvalue weighted by atomic mass is 9.77. The normalized spacial score (nSPS) is 22.0. The molecule has 0 aliphatic carbocycles. The van der Waals surface area contributed by atoms with E-state index in [1.54, 1.807) is 0 Å². The van der Waals surface area contributed by atoms with E-state index in [0.29, 0.717) is 11.5 Å². The molecule has 2 atom stereocenters. The Labute approximate surface area is 138 Å². The zero-order valence-corrected chi connectivity index (χ0v) is 15.2. The molecule has 2 unspecified atom stereocenters. The number of hydrogen-bond donors (Lipinski definition) is 1. The van der Waals surface area contributed by atoms with Crippen molar-refractivity contribution in [1.82, 2.24) is 4.90 Å². The van der Waals surface area contributed by atoms with Gasteiger partial charge in [-0.15, -0.1) is 0 Å². The van der Waals surface area contributed by atoms with Gasteiger partial charge in [-0.3, -0.25) is 4.90 Å². The van der Waals surface area contributed by atoms with Crippen LogP contribution in [0.3, 0.4) is 0 Å². The molecular weight excluding hydrogens is 324 g/mol. The molecular formula is C18H29BrN2. The van der Waals surface area contributed by atoms with Gasteiger partial charge in [0.25, 0.3) is 0 Å². The number of benzene rings is 1. The molecule has 1 saturated heterocycles. The number of nitrogens with zero attached hydrogens (tertiary/aromatic N) is 1. The van der Waals surface area contributed by atoms with Crippen LogP contribution in [0.4, 0.5) is 0 Å². The molecule has 1 heterocycles. The Balaban J connectivity index is 2.16. The summed E-state index contributed by atoms with van der Waals surface area (Å²) in [5.41, 5.74) is 8.34. The van der Waals surface area contributed by atoms with E-state index >= 15 is 0 Å². The first-order valence-electron chi connectivity index (χ1n) is 8.24. The maximum atomic E-state index is 6.46. The second kappa shape index (κ2) is 7.26. The van der Waals surface area contributed by atoms with Gasteiger partial charge in [0.1, 0.15) is 0 Å². The van der Waals surface area contributed by atoms with E-state index in [9.17, 15) is 0 Å². The SMILES string of the molecule is CCC(N)C(c1ccc(Br)cc1)N1CCC(C)(CC)CC1. The number of likely N-dealkylation sites (tertiary alicyclic amines) is 1. The summed E-state index contributed by atoms with van der Waals surface area (Å²) in [7, 11) is 0. The number of rotatable bonds is 5. The summed E-state index contributed by atoms with van der Waals surface area (Å²) in [6, 6.07) is 9.26. The summed E-state index contributed by atoms with van der Waals surface area (Å²) >= 11 is 3.52. The highest BCUT2D eigenvalue weighted by atomic mass is 79.9. The van der Waals surface area contributed by atoms with Gasteiger partial charge < -0.3 is 5.73 Å². The quantitative estimate of drug-likeness (QED) is 0.828. The second-order valence-corrected chi connectivity index (χ2v) is 7.68. The van der Waals surface area contributed by atoms with Gasteiger partial charge in [0.2, 0.25) is 0 Å². The van der Waals surface area contributed by atoms with Gasteiger partial charge in [0.05, 0.1) is 0 Å². The highest BCUT2D eigenvalue weighted by molar-refractivity contribution is 9.10. The lowest BCUT2D eigenvalue weighted by Crippen LogP contribution is -2.46. The molecule has 0 bridgehead atoms. The Morgan fingerprint density at radius 3 is 2.24 bits per heavy atom. The maximum absolute atomic E-state index is 6.46. The van der Waals surface area contributed by atoms with Gasteiger partial charge in [-0.25, -0.2) is 0 Å². The molecule has 0 radical (unpaired) electrons. The van der Waals surface area contributed by atoms with Crippen LogP contribution >= 0.6 is 15.9 Å². The molecule has 1 fully saturated rings. The van der Waals surface area contributed by atoms with E-state index in [4.69, 9.17) is 5.73 Å². The minimum absolute atomic E-state index is 0.206. The fourth-order valence-electron chi connectivity index (χ4n) is 3.31. The van der Waals surface area contributed by atoms with Crippen molar-refractivity contribution in [2.24, 2.45) is 11.1 Å². The van der Waals surface area contributed by atoms with Crippen LogP contribution in [0.1, 0.15) is 58.1 Å². The first kappa shape index (κ1) is 17.0. The van der Waals surface area contributed by atoms with Crippen molar-refractivity contribution in [1.29, 1.82) is 0 Å². The van der Waals surface area contributed by atoms with Crippen LogP contribution in [-0.2, 0) is 0 Å². The van der Waals surface area contributed by atoms with Crippen molar-refractivity contribution in [2.45, 2.75) is 58.5 Å². The first-order valence-corrected chi connectivity index (χ1v) is 9.03. The lowest BCUT2D eigenvalue weighted by molar-refractivity contribution is 0.0693. The van der Waals surface area contributed by atoms with Crippen LogP contribution in [0, 0.1) is 5.41 Å². The first-order chi connectivity index (χ1) is 9.99. The van der Waals surface area contributed by atoms with Gasteiger partial charge in [-0.2, -0.15) is 0 Å². The van der Waals surface area contributed by atoms with Crippen molar-refractivity contribution in [3.63, 3.8) is 0 Å². The minimum atomic E-state index is 0.206. The topological polar surface area (TPSA) is 29.3 Å². The number of hydrogen-bond acceptors (Lipinski definition) is 2. The molecule has 1 aromatic carbocycles. The Morgan fingerprint density at radius 2 is 1.76 bits per heavy atom. The monoisotopic (exact) mass is 352 g/mol. The fraction of sp³-hybridized carbons (Fsp3) is 0.667. The largest absolute Gasteiger partial charge is 0.326 e. The molecule has 0 saturated carbocycles. The van der Waals surface area contributed by atoms with Gasteiger partial charge in [0.15, 0.2) is 0 Å². The Hall–Kier alpha value is -0.380. The summed E-state index contributed by atoms with van der Waals surface area (Å²) in [5.74, 6) is 0. The zero-order valence-electron chi connectivity index (χ0n) is 13.6. The van der Waals surface area contributed by atoms with Gasteiger partial charge in [-0.1, -0.05) is 55.3 Å². The van der Waals surface area contributed by atoms with E-state index in [0.717, 1.165) is 10.9 Å². The highest BCUT2D eigenvalue weighted by Crippen LogP contribution is 2.38. The molecule has 3 heteroatoms. The zero-order chi connectivity index (χ0) is 15.5. The number of halogens is 1. The summed E-state index contributed by atoms with van der Waals surface area (Å²) < 4.78 is 1.13. The molecule has 1 aromatic rings. The van der Waals surface area contributed by atoms with Crippen molar-refractivity contribution >= 4 is 15.9 Å². The van der Waals surface area contributed by atoms with Gasteiger partial charge >= 0.3 is 0 Å². The maximum Gasteiger partial charge on any atom is 0.0499 e. The van der Waals surface area contributed by atoms with E-state index < -0.39 is 0 Å². The standard InChI is InChI=1S/C18H29BrN2/c1-4-16(20)17(14-6-8-15(19)9-7-14)21-12-10-18(3,5-2)11-13-21/h6-9,16-17H,4-5,10-13,20H2,1-3H3. The Kier molecular flexibility index (Phi) is 5.87. The van der Waals surface area contributed by atoms with Crippen LogP contribution in [0.2, 0.25) is 0 Å². The van der Waals surface area contributed by atoms with Crippen LogP contribution in [0.15, 0.2) is 28.7 Å².